The van der Waals surface area contributed by atoms with E-state index in [4.69, 9.17) is 16.3 Å². The minimum absolute atomic E-state index is 0.0454. The molecule has 0 aliphatic carbocycles. The number of allylic oxidation sites excluding steroid dienone is 1. The first-order valence-corrected chi connectivity index (χ1v) is 10.3. The van der Waals surface area contributed by atoms with Crippen molar-refractivity contribution in [3.63, 3.8) is 0 Å². The highest BCUT2D eigenvalue weighted by Gasteiger charge is 2.20. The molecule has 0 amide bonds. The summed E-state index contributed by atoms with van der Waals surface area (Å²) in [7, 11) is -3.51. The Morgan fingerprint density at radius 3 is 2.48 bits per heavy atom. The van der Waals surface area contributed by atoms with Crippen molar-refractivity contribution >= 4 is 33.2 Å². The Hall–Kier alpha value is -2.38. The highest BCUT2D eigenvalue weighted by molar-refractivity contribution is 7.90. The topological polar surface area (TPSA) is 82.4 Å². The zero-order chi connectivity index (χ0) is 20.4. The third-order valence-corrected chi connectivity index (χ3v) is 5.55. The van der Waals surface area contributed by atoms with E-state index in [1.54, 1.807) is 19.1 Å². The largest absolute Gasteiger partial charge is 0.454 e. The lowest BCUT2D eigenvalue weighted by Crippen LogP contribution is -2.16. The summed E-state index contributed by atoms with van der Waals surface area (Å²) in [6.45, 7) is 7.45. The number of carbonyl (C=O) groups is 2. The Morgan fingerprint density at radius 1 is 1.22 bits per heavy atom. The maximum absolute atomic E-state index is 12.4. The predicted octanol–water partition coefficient (Wildman–Crippen LogP) is 3.39. The lowest BCUT2D eigenvalue weighted by atomic mass is 10.1. The van der Waals surface area contributed by atoms with Crippen LogP contribution in [0.25, 0.3) is 0 Å². The van der Waals surface area contributed by atoms with Crippen molar-refractivity contribution in [3.05, 3.63) is 64.5 Å². The van der Waals surface area contributed by atoms with Crippen molar-refractivity contribution < 1.29 is 22.7 Å². The maximum Gasteiger partial charge on any atom is 0.340 e. The molecule has 6 nitrogen and oxygen atoms in total. The zero-order valence-corrected chi connectivity index (χ0v) is 16.9. The molecule has 27 heavy (non-hydrogen) atoms. The first-order chi connectivity index (χ1) is 12.6. The van der Waals surface area contributed by atoms with E-state index in [0.717, 1.165) is 23.7 Å². The number of carbonyl (C=O) groups excluding carboxylic acids is 2. The van der Waals surface area contributed by atoms with Gasteiger partial charge in [-0.25, -0.2) is 13.2 Å². The van der Waals surface area contributed by atoms with Crippen LogP contribution in [0.4, 0.5) is 0 Å². The fourth-order valence-electron chi connectivity index (χ4n) is 2.67. The molecule has 0 N–H and O–H groups in total. The molecule has 1 heterocycles. The number of benzene rings is 1. The van der Waals surface area contributed by atoms with Crippen LogP contribution in [0.15, 0.2) is 41.8 Å². The number of Topliss-reactive ketones (excluding diaryl/α,β-unsaturated/α-hetero) is 1. The van der Waals surface area contributed by atoms with Gasteiger partial charge in [0.2, 0.25) is 5.78 Å². The van der Waals surface area contributed by atoms with Crippen molar-refractivity contribution in [2.75, 3.05) is 12.9 Å². The Kier molecular flexibility index (Phi) is 6.28. The summed E-state index contributed by atoms with van der Waals surface area (Å²) in [4.78, 5) is 24.6. The van der Waals surface area contributed by atoms with Gasteiger partial charge in [-0.2, -0.15) is 0 Å². The van der Waals surface area contributed by atoms with Gasteiger partial charge in [0.05, 0.1) is 15.5 Å². The fraction of sp³-hybridized carbons (Fsp3) is 0.263. The number of rotatable bonds is 7. The summed E-state index contributed by atoms with van der Waals surface area (Å²) in [6.07, 6.45) is 2.75. The molecule has 0 unspecified atom stereocenters. The number of halogens is 1. The molecule has 0 fully saturated rings. The van der Waals surface area contributed by atoms with Crippen LogP contribution in [-0.4, -0.2) is 37.6 Å². The lowest BCUT2D eigenvalue weighted by molar-refractivity contribution is 0.0474. The Balaban J connectivity index is 2.18. The van der Waals surface area contributed by atoms with Gasteiger partial charge >= 0.3 is 5.97 Å². The second-order valence-electron chi connectivity index (χ2n) is 6.10. The van der Waals surface area contributed by atoms with Crippen LogP contribution in [-0.2, 0) is 21.1 Å². The van der Waals surface area contributed by atoms with Crippen molar-refractivity contribution in [2.24, 2.45) is 0 Å². The normalized spacial score (nSPS) is 11.3. The molecule has 1 aromatic heterocycles. The molecule has 8 heteroatoms. The van der Waals surface area contributed by atoms with Gasteiger partial charge in [0.25, 0.3) is 0 Å². The SMILES string of the molecule is C=CCn1c(C)cc(C(=O)COC(=O)c2cc(S(C)(=O)=O)ccc2Cl)c1C. The molecular weight excluding hydrogens is 390 g/mol. The number of nitrogens with zero attached hydrogens (tertiary/aromatic N) is 1. The van der Waals surface area contributed by atoms with Gasteiger partial charge < -0.3 is 9.30 Å². The number of aromatic nitrogens is 1. The monoisotopic (exact) mass is 409 g/mol. The fourth-order valence-corrected chi connectivity index (χ4v) is 3.51. The molecule has 0 radical (unpaired) electrons. The molecular formula is C19H20ClNO5S. The molecule has 2 rings (SSSR count). The van der Waals surface area contributed by atoms with E-state index in [9.17, 15) is 18.0 Å². The number of sulfone groups is 1. The number of aryl methyl sites for hydroxylation is 1. The number of esters is 1. The summed E-state index contributed by atoms with van der Waals surface area (Å²) in [5, 5.41) is 0.0454. The number of hydrogen-bond acceptors (Lipinski definition) is 5. The first kappa shape index (κ1) is 20.9. The van der Waals surface area contributed by atoms with E-state index < -0.39 is 22.4 Å². The van der Waals surface area contributed by atoms with Gasteiger partial charge in [-0.05, 0) is 38.1 Å². The van der Waals surface area contributed by atoms with E-state index in [2.05, 4.69) is 6.58 Å². The Bertz CT molecular complexity index is 1020. The van der Waals surface area contributed by atoms with Crippen LogP contribution in [0.2, 0.25) is 5.02 Å². The number of hydrogen-bond donors (Lipinski definition) is 0. The van der Waals surface area contributed by atoms with Crippen LogP contribution >= 0.6 is 11.6 Å². The third kappa shape index (κ3) is 4.67. The van der Waals surface area contributed by atoms with Gasteiger partial charge in [-0.15, -0.1) is 6.58 Å². The summed E-state index contributed by atoms with van der Waals surface area (Å²) < 4.78 is 30.3. The van der Waals surface area contributed by atoms with E-state index >= 15 is 0 Å². The van der Waals surface area contributed by atoms with Crippen molar-refractivity contribution in [3.8, 4) is 0 Å². The van der Waals surface area contributed by atoms with E-state index in [1.807, 2.05) is 11.5 Å². The molecule has 0 saturated carbocycles. The van der Waals surface area contributed by atoms with Crippen LogP contribution in [0.1, 0.15) is 32.1 Å². The quantitative estimate of drug-likeness (QED) is 0.397. The van der Waals surface area contributed by atoms with Crippen LogP contribution in [0.3, 0.4) is 0 Å². The minimum Gasteiger partial charge on any atom is -0.454 e. The highest BCUT2D eigenvalue weighted by atomic mass is 35.5. The predicted molar refractivity (Wildman–Crippen MR) is 103 cm³/mol. The van der Waals surface area contributed by atoms with Gasteiger partial charge in [0.1, 0.15) is 0 Å². The zero-order valence-electron chi connectivity index (χ0n) is 15.3. The van der Waals surface area contributed by atoms with E-state index in [1.165, 1.54) is 12.1 Å². The van der Waals surface area contributed by atoms with E-state index in [-0.39, 0.29) is 21.3 Å². The van der Waals surface area contributed by atoms with Crippen molar-refractivity contribution in [1.29, 1.82) is 0 Å². The standard InChI is InChI=1S/C19H20ClNO5S/c1-5-8-21-12(2)9-15(13(21)3)18(22)11-26-19(23)16-10-14(27(4,24)25)6-7-17(16)20/h5-7,9-10H,1,8,11H2,2-4H3. The summed E-state index contributed by atoms with van der Waals surface area (Å²) in [5.41, 5.74) is 2.00. The smallest absolute Gasteiger partial charge is 0.340 e. The minimum atomic E-state index is -3.51. The maximum atomic E-state index is 12.4. The van der Waals surface area contributed by atoms with E-state index in [0.29, 0.717) is 12.1 Å². The third-order valence-electron chi connectivity index (χ3n) is 4.11. The Morgan fingerprint density at radius 2 is 1.89 bits per heavy atom. The molecule has 0 spiro atoms. The summed E-state index contributed by atoms with van der Waals surface area (Å²) in [5.74, 6) is -1.22. The Labute approximate surface area is 163 Å². The molecule has 0 aliphatic rings. The molecule has 0 aliphatic heterocycles. The lowest BCUT2D eigenvalue weighted by Gasteiger charge is -2.08. The molecule has 0 atom stereocenters. The first-order valence-electron chi connectivity index (χ1n) is 8.03. The molecule has 144 valence electrons. The second-order valence-corrected chi connectivity index (χ2v) is 8.52. The van der Waals surface area contributed by atoms with Crippen LogP contribution in [0.5, 0.6) is 0 Å². The van der Waals surface area contributed by atoms with Gasteiger partial charge in [-0.1, -0.05) is 17.7 Å². The summed E-state index contributed by atoms with van der Waals surface area (Å²) in [6, 6.07) is 5.47. The second kappa shape index (κ2) is 8.10. The average Bonchev–Trinajstić information content (AvgIpc) is 2.87. The van der Waals surface area contributed by atoms with Gasteiger partial charge in [0.15, 0.2) is 16.4 Å². The van der Waals surface area contributed by atoms with Crippen molar-refractivity contribution in [2.45, 2.75) is 25.3 Å². The van der Waals surface area contributed by atoms with Crippen molar-refractivity contribution in [1.82, 2.24) is 4.57 Å². The number of ketones is 1. The summed E-state index contributed by atoms with van der Waals surface area (Å²) >= 11 is 5.96. The molecule has 0 saturated heterocycles. The highest BCUT2D eigenvalue weighted by Crippen LogP contribution is 2.22. The molecule has 1 aromatic carbocycles. The van der Waals surface area contributed by atoms with Gasteiger partial charge in [0, 0.05) is 29.8 Å². The molecule has 2 aromatic rings. The average molecular weight is 410 g/mol. The van der Waals surface area contributed by atoms with Crippen LogP contribution in [0, 0.1) is 13.8 Å². The van der Waals surface area contributed by atoms with Gasteiger partial charge in [-0.3, -0.25) is 4.79 Å². The molecule has 0 bridgehead atoms. The number of ether oxygens (including phenoxy) is 1. The van der Waals surface area contributed by atoms with Crippen LogP contribution < -0.4 is 0 Å².